The van der Waals surface area contributed by atoms with Gasteiger partial charge < -0.3 is 14.8 Å². The predicted octanol–water partition coefficient (Wildman–Crippen LogP) is 11.0. The van der Waals surface area contributed by atoms with Crippen molar-refractivity contribution < 1.29 is 14.7 Å². The van der Waals surface area contributed by atoms with Gasteiger partial charge in [0.05, 0.1) is 0 Å². The molecule has 0 bridgehead atoms. The Hall–Kier alpha value is -0.650. The van der Waals surface area contributed by atoms with Crippen LogP contribution in [-0.2, 0) is 9.63 Å². The van der Waals surface area contributed by atoms with Gasteiger partial charge in [0.15, 0.2) is 0 Å². The first-order valence-corrected chi connectivity index (χ1v) is 19.5. The molecule has 0 aliphatic heterocycles. The van der Waals surface area contributed by atoms with Crippen LogP contribution in [0.2, 0.25) is 0 Å². The molecule has 0 aromatic rings. The Labute approximate surface area is 270 Å². The van der Waals surface area contributed by atoms with Crippen LogP contribution in [-0.4, -0.2) is 60.4 Å². The molecule has 0 rings (SSSR count). The second kappa shape index (κ2) is 35.8. The van der Waals surface area contributed by atoms with E-state index in [9.17, 15) is 9.90 Å². The molecule has 0 aromatic heterocycles. The van der Waals surface area contributed by atoms with E-state index in [1.807, 2.05) is 5.06 Å². The SMILES string of the molecule is CCCCCCCCCCCCN(CCCCO)CCCCCC(=O)ON(CCCCCCCC)CCCCCCCC. The lowest BCUT2D eigenvalue weighted by molar-refractivity contribution is -0.191. The number of hydrogen-bond donors (Lipinski definition) is 1. The van der Waals surface area contributed by atoms with Gasteiger partial charge in [0.1, 0.15) is 0 Å². The predicted molar refractivity (Wildman–Crippen MR) is 187 cm³/mol. The molecule has 5 heteroatoms. The number of aliphatic hydroxyl groups is 1. The van der Waals surface area contributed by atoms with E-state index in [-0.39, 0.29) is 5.97 Å². The molecule has 258 valence electrons. The third-order valence-electron chi connectivity index (χ3n) is 8.82. The van der Waals surface area contributed by atoms with Crippen molar-refractivity contribution in [3.8, 4) is 0 Å². The summed E-state index contributed by atoms with van der Waals surface area (Å²) in [6.45, 7) is 12.2. The number of carbonyl (C=O) groups is 1. The van der Waals surface area contributed by atoms with Gasteiger partial charge >= 0.3 is 5.97 Å². The molecule has 1 N–H and O–H groups in total. The first-order chi connectivity index (χ1) is 21.2. The highest BCUT2D eigenvalue weighted by molar-refractivity contribution is 5.68. The molecule has 0 atom stereocenters. The second-order valence-corrected chi connectivity index (χ2v) is 13.2. The van der Waals surface area contributed by atoms with Crippen molar-refractivity contribution in [2.75, 3.05) is 39.3 Å². The first kappa shape index (κ1) is 42.3. The summed E-state index contributed by atoms with van der Waals surface area (Å²) < 4.78 is 0. The lowest BCUT2D eigenvalue weighted by Crippen LogP contribution is -2.29. The van der Waals surface area contributed by atoms with Crippen LogP contribution < -0.4 is 0 Å². The normalized spacial score (nSPS) is 11.7. The van der Waals surface area contributed by atoms with E-state index in [4.69, 9.17) is 4.84 Å². The van der Waals surface area contributed by atoms with Crippen molar-refractivity contribution in [1.82, 2.24) is 9.96 Å². The van der Waals surface area contributed by atoms with Crippen molar-refractivity contribution in [3.05, 3.63) is 0 Å². The molecule has 5 nitrogen and oxygen atoms in total. The average molecular weight is 611 g/mol. The van der Waals surface area contributed by atoms with Crippen LogP contribution in [0, 0.1) is 0 Å². The van der Waals surface area contributed by atoms with Gasteiger partial charge in [-0.05, 0) is 64.6 Å². The van der Waals surface area contributed by atoms with Gasteiger partial charge in [0.25, 0.3) is 0 Å². The molecule has 43 heavy (non-hydrogen) atoms. The van der Waals surface area contributed by atoms with Gasteiger partial charge in [0, 0.05) is 26.1 Å². The minimum atomic E-state index is -0.0397. The summed E-state index contributed by atoms with van der Waals surface area (Å²) in [4.78, 5) is 21.2. The molecule has 0 aromatic carbocycles. The molecule has 0 unspecified atom stereocenters. The van der Waals surface area contributed by atoms with Crippen molar-refractivity contribution in [2.24, 2.45) is 0 Å². The van der Waals surface area contributed by atoms with Crippen LogP contribution in [0.5, 0.6) is 0 Å². The zero-order chi connectivity index (χ0) is 31.5. The van der Waals surface area contributed by atoms with Crippen LogP contribution in [0.1, 0.15) is 201 Å². The fourth-order valence-corrected chi connectivity index (χ4v) is 5.92. The third kappa shape index (κ3) is 32.6. The Morgan fingerprint density at radius 2 is 0.767 bits per heavy atom. The number of hydrogen-bond acceptors (Lipinski definition) is 5. The van der Waals surface area contributed by atoms with Gasteiger partial charge in [-0.1, -0.05) is 149 Å². The van der Waals surface area contributed by atoms with Crippen LogP contribution in [0.25, 0.3) is 0 Å². The Kier molecular flexibility index (Phi) is 35.3. The fourth-order valence-electron chi connectivity index (χ4n) is 5.92. The summed E-state index contributed by atoms with van der Waals surface area (Å²) in [6, 6.07) is 0. The molecule has 0 aliphatic rings. The minimum Gasteiger partial charge on any atom is -0.396 e. The maximum Gasteiger partial charge on any atom is 0.325 e. The lowest BCUT2D eigenvalue weighted by atomic mass is 10.1. The number of aliphatic hydroxyl groups excluding tert-OH is 1. The van der Waals surface area contributed by atoms with Crippen molar-refractivity contribution in [1.29, 1.82) is 0 Å². The first-order valence-electron chi connectivity index (χ1n) is 19.5. The van der Waals surface area contributed by atoms with Crippen molar-refractivity contribution in [2.45, 2.75) is 201 Å². The van der Waals surface area contributed by atoms with E-state index < -0.39 is 0 Å². The highest BCUT2D eigenvalue weighted by atomic mass is 16.7. The van der Waals surface area contributed by atoms with Gasteiger partial charge in [-0.15, -0.1) is 5.06 Å². The number of unbranched alkanes of at least 4 members (excludes halogenated alkanes) is 22. The number of rotatable bonds is 36. The summed E-state index contributed by atoms with van der Waals surface area (Å²) in [5.74, 6) is -0.0397. The van der Waals surface area contributed by atoms with Crippen molar-refractivity contribution >= 4 is 5.97 Å². The van der Waals surface area contributed by atoms with Crippen LogP contribution in [0.15, 0.2) is 0 Å². The third-order valence-corrected chi connectivity index (χ3v) is 8.82. The average Bonchev–Trinajstić information content (AvgIpc) is 3.00. The summed E-state index contributed by atoms with van der Waals surface area (Å²) in [7, 11) is 0. The quantitative estimate of drug-likeness (QED) is 0.0565. The molecule has 0 spiro atoms. The summed E-state index contributed by atoms with van der Waals surface area (Å²) in [6.07, 6.45) is 34.6. The monoisotopic (exact) mass is 611 g/mol. The standard InChI is InChI=1S/C38H78N2O3/c1-4-7-10-13-16-17-18-19-20-25-32-39(34-29-30-37-41)33-26-23-24-31-38(42)43-40(35-27-21-14-11-8-5-2)36-28-22-15-12-9-6-3/h41H,4-37H2,1-3H3. The zero-order valence-electron chi connectivity index (χ0n) is 29.7. The minimum absolute atomic E-state index is 0.0397. The Morgan fingerprint density at radius 1 is 0.442 bits per heavy atom. The van der Waals surface area contributed by atoms with E-state index in [0.717, 1.165) is 71.1 Å². The van der Waals surface area contributed by atoms with Gasteiger partial charge in [-0.2, -0.15) is 0 Å². The van der Waals surface area contributed by atoms with Crippen LogP contribution in [0.4, 0.5) is 0 Å². The smallest absolute Gasteiger partial charge is 0.325 e. The van der Waals surface area contributed by atoms with Crippen molar-refractivity contribution in [3.63, 3.8) is 0 Å². The number of hydroxylamine groups is 2. The molecule has 0 saturated heterocycles. The highest BCUT2D eigenvalue weighted by Gasteiger charge is 2.12. The van der Waals surface area contributed by atoms with Crippen LogP contribution >= 0.6 is 0 Å². The maximum absolute atomic E-state index is 12.7. The Morgan fingerprint density at radius 3 is 1.16 bits per heavy atom. The molecule has 0 heterocycles. The van der Waals surface area contributed by atoms with Gasteiger partial charge in [-0.25, -0.2) is 0 Å². The van der Waals surface area contributed by atoms with Crippen LogP contribution in [0.3, 0.4) is 0 Å². The fraction of sp³-hybridized carbons (Fsp3) is 0.974. The van der Waals surface area contributed by atoms with Gasteiger partial charge in [-0.3, -0.25) is 4.79 Å². The van der Waals surface area contributed by atoms with E-state index >= 15 is 0 Å². The number of carbonyl (C=O) groups excluding carboxylic acids is 1. The van der Waals surface area contributed by atoms with E-state index in [0.29, 0.717) is 13.0 Å². The van der Waals surface area contributed by atoms with E-state index in [2.05, 4.69) is 25.7 Å². The van der Waals surface area contributed by atoms with Gasteiger partial charge in [0.2, 0.25) is 0 Å². The zero-order valence-corrected chi connectivity index (χ0v) is 29.7. The molecule has 0 amide bonds. The topological polar surface area (TPSA) is 53.0 Å². The maximum atomic E-state index is 12.7. The molecular formula is C38H78N2O3. The Balaban J connectivity index is 4.22. The largest absolute Gasteiger partial charge is 0.396 e. The summed E-state index contributed by atoms with van der Waals surface area (Å²) in [5, 5.41) is 11.2. The molecule has 0 radical (unpaired) electrons. The highest BCUT2D eigenvalue weighted by Crippen LogP contribution is 2.13. The Bertz CT molecular complexity index is 529. The molecule has 0 fully saturated rings. The van der Waals surface area contributed by atoms with E-state index in [1.165, 1.54) is 135 Å². The summed E-state index contributed by atoms with van der Waals surface area (Å²) in [5.41, 5.74) is 0. The number of nitrogens with zero attached hydrogens (tertiary/aromatic N) is 2. The molecular weight excluding hydrogens is 532 g/mol. The molecule has 0 saturated carbocycles. The second-order valence-electron chi connectivity index (χ2n) is 13.2. The summed E-state index contributed by atoms with van der Waals surface area (Å²) >= 11 is 0. The molecule has 0 aliphatic carbocycles. The lowest BCUT2D eigenvalue weighted by Gasteiger charge is -2.22. The van der Waals surface area contributed by atoms with E-state index in [1.54, 1.807) is 0 Å².